The summed E-state index contributed by atoms with van der Waals surface area (Å²) in [6.45, 7) is 3.71. The number of hydrogen-bond donors (Lipinski definition) is 3. The lowest BCUT2D eigenvalue weighted by molar-refractivity contribution is -0.132. The Hall–Kier alpha value is -4.06. The van der Waals surface area contributed by atoms with E-state index < -0.39 is 11.6 Å². The van der Waals surface area contributed by atoms with Gasteiger partial charge in [0.2, 0.25) is 5.91 Å². The molecule has 6 nitrogen and oxygen atoms in total. The van der Waals surface area contributed by atoms with Crippen molar-refractivity contribution in [1.82, 2.24) is 15.2 Å². The third-order valence-electron chi connectivity index (χ3n) is 6.36. The van der Waals surface area contributed by atoms with Crippen molar-refractivity contribution in [3.05, 3.63) is 108 Å². The first-order valence-electron chi connectivity index (χ1n) is 11.3. The Morgan fingerprint density at radius 1 is 0.971 bits per heavy atom. The molecule has 2 amide bonds. The lowest BCUT2D eigenvalue weighted by Crippen LogP contribution is -2.59. The molecule has 0 spiro atoms. The fraction of sp³-hybridized carbons (Fsp3) is 0.214. The van der Waals surface area contributed by atoms with Crippen LogP contribution in [-0.2, 0) is 17.8 Å². The molecule has 174 valence electrons. The summed E-state index contributed by atoms with van der Waals surface area (Å²) in [6.07, 6.45) is 0.941. The van der Waals surface area contributed by atoms with Gasteiger partial charge in [0, 0.05) is 23.5 Å². The number of amides is 2. The monoisotopic (exact) mass is 455 g/mol. The molecular weight excluding hydrogens is 426 g/mol. The van der Waals surface area contributed by atoms with Crippen molar-refractivity contribution in [3.8, 4) is 0 Å². The van der Waals surface area contributed by atoms with Crippen molar-refractivity contribution in [2.45, 2.75) is 38.4 Å². The number of carbonyl (C=O) groups is 2. The summed E-state index contributed by atoms with van der Waals surface area (Å²) in [5.74, 6) is -0.340. The Labute approximate surface area is 199 Å². The number of aromatic nitrogens is 1. The van der Waals surface area contributed by atoms with Crippen LogP contribution in [0.5, 0.6) is 0 Å². The molecule has 1 aromatic heterocycles. The summed E-state index contributed by atoms with van der Waals surface area (Å²) in [5.41, 5.74) is 2.26. The largest absolute Gasteiger partial charge is 0.465 e. The lowest BCUT2D eigenvalue weighted by atomic mass is 9.88. The average Bonchev–Trinajstić information content (AvgIpc) is 3.26. The molecule has 34 heavy (non-hydrogen) atoms. The van der Waals surface area contributed by atoms with E-state index in [0.717, 1.165) is 27.6 Å². The van der Waals surface area contributed by atoms with Gasteiger partial charge in [0.1, 0.15) is 5.54 Å². The third kappa shape index (κ3) is 4.81. The van der Waals surface area contributed by atoms with Crippen molar-refractivity contribution < 1.29 is 14.7 Å². The van der Waals surface area contributed by atoms with Gasteiger partial charge in [-0.2, -0.15) is 0 Å². The molecule has 1 heterocycles. The van der Waals surface area contributed by atoms with Gasteiger partial charge in [-0.25, -0.2) is 4.79 Å². The third-order valence-corrected chi connectivity index (χ3v) is 6.36. The minimum Gasteiger partial charge on any atom is -0.465 e. The van der Waals surface area contributed by atoms with Crippen molar-refractivity contribution in [2.75, 3.05) is 0 Å². The highest BCUT2D eigenvalue weighted by Crippen LogP contribution is 2.29. The topological polar surface area (TPSA) is 85.4 Å². The molecule has 4 aromatic rings. The first kappa shape index (κ1) is 23.1. The van der Waals surface area contributed by atoms with Crippen molar-refractivity contribution >= 4 is 22.9 Å². The van der Waals surface area contributed by atoms with Crippen LogP contribution in [0, 0.1) is 0 Å². The highest BCUT2D eigenvalue weighted by molar-refractivity contribution is 5.91. The second kappa shape index (κ2) is 9.83. The quantitative estimate of drug-likeness (QED) is 0.327. The van der Waals surface area contributed by atoms with Gasteiger partial charge in [-0.1, -0.05) is 78.9 Å². The van der Waals surface area contributed by atoms with Gasteiger partial charge in [-0.3, -0.25) is 9.69 Å². The van der Waals surface area contributed by atoms with Gasteiger partial charge in [0.25, 0.3) is 0 Å². The van der Waals surface area contributed by atoms with E-state index in [1.807, 2.05) is 98.0 Å². The van der Waals surface area contributed by atoms with E-state index in [1.54, 1.807) is 6.92 Å². The summed E-state index contributed by atoms with van der Waals surface area (Å²) in [5, 5.41) is 14.3. The molecule has 0 aliphatic rings. The predicted octanol–water partition coefficient (Wildman–Crippen LogP) is 5.53. The fourth-order valence-corrected chi connectivity index (χ4v) is 4.34. The molecule has 0 saturated heterocycles. The predicted molar refractivity (Wildman–Crippen MR) is 133 cm³/mol. The van der Waals surface area contributed by atoms with Crippen LogP contribution in [0.15, 0.2) is 91.1 Å². The maximum absolute atomic E-state index is 13.8. The standard InChI is InChI=1S/C28H29N3O3/c1-20(22-13-7-4-8-14-22)30-26(32)28(2,17-23-18-29-25-16-10-9-15-24(23)25)31(27(33)34)19-21-11-5-3-6-12-21/h3-16,18,20,29H,17,19H2,1-2H3,(H,30,32)(H,33,34). The molecule has 0 aliphatic carbocycles. The maximum Gasteiger partial charge on any atom is 0.408 e. The molecule has 2 unspecified atom stereocenters. The fourth-order valence-electron chi connectivity index (χ4n) is 4.34. The van der Waals surface area contributed by atoms with E-state index in [9.17, 15) is 14.7 Å². The van der Waals surface area contributed by atoms with E-state index in [-0.39, 0.29) is 24.9 Å². The minimum absolute atomic E-state index is 0.0994. The highest BCUT2D eigenvalue weighted by Gasteiger charge is 2.43. The normalized spacial score (nSPS) is 13.7. The Morgan fingerprint density at radius 3 is 2.26 bits per heavy atom. The summed E-state index contributed by atoms with van der Waals surface area (Å²) < 4.78 is 0. The van der Waals surface area contributed by atoms with E-state index in [1.165, 1.54) is 4.90 Å². The van der Waals surface area contributed by atoms with Gasteiger partial charge in [0.05, 0.1) is 12.6 Å². The zero-order valence-corrected chi connectivity index (χ0v) is 19.4. The summed E-state index contributed by atoms with van der Waals surface area (Å²) in [4.78, 5) is 30.8. The zero-order chi connectivity index (χ0) is 24.1. The van der Waals surface area contributed by atoms with Crippen LogP contribution in [-0.4, -0.2) is 32.5 Å². The van der Waals surface area contributed by atoms with Crippen LogP contribution in [0.2, 0.25) is 0 Å². The van der Waals surface area contributed by atoms with Gasteiger partial charge in [-0.05, 0) is 36.6 Å². The Kier molecular flexibility index (Phi) is 6.68. The Morgan fingerprint density at radius 2 is 1.59 bits per heavy atom. The number of carbonyl (C=O) groups excluding carboxylic acids is 1. The molecule has 0 aliphatic heterocycles. The number of fused-ring (bicyclic) bond motifs is 1. The highest BCUT2D eigenvalue weighted by atomic mass is 16.4. The average molecular weight is 456 g/mol. The molecule has 0 radical (unpaired) electrons. The number of carboxylic acid groups (broad SMARTS) is 1. The summed E-state index contributed by atoms with van der Waals surface area (Å²) in [7, 11) is 0. The lowest BCUT2D eigenvalue weighted by Gasteiger charge is -2.39. The van der Waals surface area contributed by atoms with Gasteiger partial charge < -0.3 is 15.4 Å². The number of benzene rings is 3. The van der Waals surface area contributed by atoms with Gasteiger partial charge in [-0.15, -0.1) is 0 Å². The number of aromatic amines is 1. The molecule has 3 aromatic carbocycles. The summed E-state index contributed by atoms with van der Waals surface area (Å²) >= 11 is 0. The van der Waals surface area contributed by atoms with E-state index in [4.69, 9.17) is 0 Å². The molecule has 6 heteroatoms. The van der Waals surface area contributed by atoms with E-state index >= 15 is 0 Å². The second-order valence-electron chi connectivity index (χ2n) is 8.77. The van der Waals surface area contributed by atoms with Crippen LogP contribution in [0.25, 0.3) is 10.9 Å². The van der Waals surface area contributed by atoms with E-state index in [2.05, 4.69) is 10.3 Å². The van der Waals surface area contributed by atoms with Crippen molar-refractivity contribution in [3.63, 3.8) is 0 Å². The number of hydrogen-bond acceptors (Lipinski definition) is 2. The second-order valence-corrected chi connectivity index (χ2v) is 8.77. The summed E-state index contributed by atoms with van der Waals surface area (Å²) in [6, 6.07) is 26.5. The first-order valence-corrected chi connectivity index (χ1v) is 11.3. The molecule has 2 atom stereocenters. The van der Waals surface area contributed by atoms with Crippen LogP contribution in [0.4, 0.5) is 4.79 Å². The van der Waals surface area contributed by atoms with Crippen LogP contribution < -0.4 is 5.32 Å². The SMILES string of the molecule is CC(NC(=O)C(C)(Cc1c[nH]c2ccccc12)N(Cc1ccccc1)C(=O)O)c1ccccc1. The minimum atomic E-state index is -1.35. The number of H-pyrrole nitrogens is 1. The Balaban J connectivity index is 1.72. The molecule has 0 bridgehead atoms. The maximum atomic E-state index is 13.8. The Bertz CT molecular complexity index is 1270. The number of rotatable bonds is 8. The van der Waals surface area contributed by atoms with Gasteiger partial charge >= 0.3 is 6.09 Å². The zero-order valence-electron chi connectivity index (χ0n) is 19.4. The molecule has 4 rings (SSSR count). The van der Waals surface area contributed by atoms with E-state index in [0.29, 0.717) is 0 Å². The van der Waals surface area contributed by atoms with Gasteiger partial charge in [0.15, 0.2) is 0 Å². The van der Waals surface area contributed by atoms with Crippen LogP contribution in [0.1, 0.15) is 36.6 Å². The first-order chi connectivity index (χ1) is 16.4. The van der Waals surface area contributed by atoms with Crippen molar-refractivity contribution in [2.24, 2.45) is 0 Å². The molecule has 0 fully saturated rings. The van der Waals surface area contributed by atoms with Crippen molar-refractivity contribution in [1.29, 1.82) is 0 Å². The smallest absolute Gasteiger partial charge is 0.408 e. The van der Waals surface area contributed by atoms with Crippen LogP contribution in [0.3, 0.4) is 0 Å². The number of nitrogens with zero attached hydrogens (tertiary/aromatic N) is 1. The van der Waals surface area contributed by atoms with Crippen LogP contribution >= 0.6 is 0 Å². The number of para-hydroxylation sites is 1. The molecular formula is C28H29N3O3. The molecule has 0 saturated carbocycles. The number of nitrogens with one attached hydrogen (secondary N) is 2. The molecule has 3 N–H and O–H groups in total.